The molecule has 30 heavy (non-hydrogen) atoms. The van der Waals surface area contributed by atoms with E-state index in [4.69, 9.17) is 10.5 Å². The van der Waals surface area contributed by atoms with Gasteiger partial charge in [0.05, 0.1) is 6.42 Å². The quantitative estimate of drug-likeness (QED) is 0.483. The summed E-state index contributed by atoms with van der Waals surface area (Å²) in [5.74, 6) is -0.438. The third-order valence-electron chi connectivity index (χ3n) is 4.01. The summed E-state index contributed by atoms with van der Waals surface area (Å²) < 4.78 is 5.11. The van der Waals surface area contributed by atoms with Crippen LogP contribution in [0.2, 0.25) is 0 Å². The number of esters is 1. The number of aryl methyl sites for hydroxylation is 1. The molecule has 0 unspecified atom stereocenters. The van der Waals surface area contributed by atoms with Crippen molar-refractivity contribution in [1.82, 2.24) is 20.3 Å². The van der Waals surface area contributed by atoms with Gasteiger partial charge in [0.2, 0.25) is 17.8 Å². The topological polar surface area (TPSA) is 132 Å². The average Bonchev–Trinajstić information content (AvgIpc) is 2.73. The smallest absolute Gasteiger partial charge is 0.325 e. The monoisotopic (exact) mass is 406 g/mol. The van der Waals surface area contributed by atoms with Crippen LogP contribution < -0.4 is 16.4 Å². The van der Waals surface area contributed by atoms with Crippen molar-refractivity contribution in [3.05, 3.63) is 71.5 Å². The number of carbonyl (C=O) groups excluding carboxylic acids is 2. The van der Waals surface area contributed by atoms with Gasteiger partial charge < -0.3 is 21.1 Å². The van der Waals surface area contributed by atoms with Gasteiger partial charge >= 0.3 is 5.97 Å². The first kappa shape index (κ1) is 20.7. The number of nitrogens with zero attached hydrogens (tertiary/aromatic N) is 3. The molecule has 0 spiro atoms. The van der Waals surface area contributed by atoms with Crippen LogP contribution in [-0.2, 0) is 27.4 Å². The van der Waals surface area contributed by atoms with Crippen LogP contribution in [0.4, 0.5) is 17.6 Å². The summed E-state index contributed by atoms with van der Waals surface area (Å²) in [6.45, 7) is 1.55. The molecule has 0 aliphatic carbocycles. The van der Waals surface area contributed by atoms with E-state index in [1.54, 1.807) is 0 Å². The van der Waals surface area contributed by atoms with E-state index in [1.807, 2.05) is 61.5 Å². The fourth-order valence-electron chi connectivity index (χ4n) is 2.54. The van der Waals surface area contributed by atoms with Gasteiger partial charge in [-0.05, 0) is 24.6 Å². The van der Waals surface area contributed by atoms with Gasteiger partial charge in [0.25, 0.3) is 0 Å². The van der Waals surface area contributed by atoms with Crippen molar-refractivity contribution in [2.24, 2.45) is 0 Å². The number of ether oxygens (including phenoxy) is 1. The Hall–Kier alpha value is -4.01. The molecule has 9 heteroatoms. The molecule has 154 valence electrons. The summed E-state index contributed by atoms with van der Waals surface area (Å²) in [6.07, 6.45) is 0.187. The molecule has 0 aliphatic heterocycles. The number of rotatable bonds is 8. The third-order valence-corrected chi connectivity index (χ3v) is 4.01. The van der Waals surface area contributed by atoms with Gasteiger partial charge in [-0.3, -0.25) is 9.59 Å². The summed E-state index contributed by atoms with van der Waals surface area (Å²) in [4.78, 5) is 36.0. The molecule has 0 aliphatic rings. The Balaban J connectivity index is 1.48. The van der Waals surface area contributed by atoms with Crippen LogP contribution in [0.1, 0.15) is 17.0 Å². The lowest BCUT2D eigenvalue weighted by molar-refractivity contribution is -0.145. The second kappa shape index (κ2) is 9.97. The van der Waals surface area contributed by atoms with Crippen LogP contribution >= 0.6 is 0 Å². The lowest BCUT2D eigenvalue weighted by Gasteiger charge is -2.09. The van der Waals surface area contributed by atoms with Gasteiger partial charge in [-0.25, -0.2) is 0 Å². The van der Waals surface area contributed by atoms with Crippen LogP contribution in [0.25, 0.3) is 0 Å². The molecule has 0 atom stereocenters. The van der Waals surface area contributed by atoms with Crippen molar-refractivity contribution in [2.45, 2.75) is 20.0 Å². The molecule has 2 aromatic carbocycles. The second-order valence-corrected chi connectivity index (χ2v) is 6.52. The number of nitrogens with two attached hydrogens (primary N) is 1. The molecule has 0 saturated carbocycles. The van der Waals surface area contributed by atoms with E-state index >= 15 is 0 Å². The minimum absolute atomic E-state index is 0.00169. The summed E-state index contributed by atoms with van der Waals surface area (Å²) in [6, 6.07) is 16.9. The number of nitrogens with one attached hydrogen (secondary N) is 2. The van der Waals surface area contributed by atoms with Crippen LogP contribution in [0.15, 0.2) is 54.6 Å². The maximum Gasteiger partial charge on any atom is 0.325 e. The largest absolute Gasteiger partial charge is 0.456 e. The van der Waals surface area contributed by atoms with E-state index in [0.29, 0.717) is 0 Å². The van der Waals surface area contributed by atoms with E-state index in [1.165, 1.54) is 0 Å². The first-order valence-electron chi connectivity index (χ1n) is 9.28. The number of benzene rings is 2. The van der Waals surface area contributed by atoms with Crippen LogP contribution in [-0.4, -0.2) is 33.4 Å². The SMILES string of the molecule is Cc1ccc(Nc2nc(N)nc(COC(=O)CNC(=O)Cc3ccccc3)n2)cc1. The highest BCUT2D eigenvalue weighted by Gasteiger charge is 2.10. The number of hydrogen-bond acceptors (Lipinski definition) is 8. The van der Waals surface area contributed by atoms with E-state index in [-0.39, 0.29) is 43.2 Å². The minimum atomic E-state index is -0.608. The molecule has 0 radical (unpaired) electrons. The lowest BCUT2D eigenvalue weighted by Crippen LogP contribution is -2.31. The Kier molecular flexibility index (Phi) is 6.88. The first-order chi connectivity index (χ1) is 14.5. The number of hydrogen-bond donors (Lipinski definition) is 3. The normalized spacial score (nSPS) is 10.3. The van der Waals surface area contributed by atoms with Crippen molar-refractivity contribution >= 4 is 29.5 Å². The number of nitrogen functional groups attached to an aromatic ring is 1. The number of aromatic nitrogens is 3. The Morgan fingerprint density at radius 2 is 1.73 bits per heavy atom. The first-order valence-corrected chi connectivity index (χ1v) is 9.28. The second-order valence-electron chi connectivity index (χ2n) is 6.52. The average molecular weight is 406 g/mol. The summed E-state index contributed by atoms with van der Waals surface area (Å²) in [5.41, 5.74) is 8.49. The lowest BCUT2D eigenvalue weighted by atomic mass is 10.1. The molecule has 1 amide bonds. The van der Waals surface area contributed by atoms with Crippen LogP contribution in [0.3, 0.4) is 0 Å². The molecule has 3 rings (SSSR count). The van der Waals surface area contributed by atoms with Gasteiger partial charge in [-0.2, -0.15) is 15.0 Å². The van der Waals surface area contributed by atoms with Crippen molar-refractivity contribution in [3.63, 3.8) is 0 Å². The summed E-state index contributed by atoms with van der Waals surface area (Å²) in [7, 11) is 0. The van der Waals surface area contributed by atoms with Gasteiger partial charge in [0, 0.05) is 5.69 Å². The van der Waals surface area contributed by atoms with Gasteiger partial charge in [0.1, 0.15) is 6.54 Å². The van der Waals surface area contributed by atoms with Crippen molar-refractivity contribution < 1.29 is 14.3 Å². The van der Waals surface area contributed by atoms with E-state index in [2.05, 4.69) is 25.6 Å². The van der Waals surface area contributed by atoms with Crippen molar-refractivity contribution in [2.75, 3.05) is 17.6 Å². The van der Waals surface area contributed by atoms with Gasteiger partial charge in [0.15, 0.2) is 12.4 Å². The fraction of sp³-hybridized carbons (Fsp3) is 0.190. The predicted octanol–water partition coefficient (Wildman–Crippen LogP) is 1.91. The zero-order valence-corrected chi connectivity index (χ0v) is 16.5. The molecule has 0 fully saturated rings. The van der Waals surface area contributed by atoms with Crippen LogP contribution in [0.5, 0.6) is 0 Å². The highest BCUT2D eigenvalue weighted by Crippen LogP contribution is 2.14. The highest BCUT2D eigenvalue weighted by atomic mass is 16.5. The zero-order chi connectivity index (χ0) is 21.3. The molecule has 1 aromatic heterocycles. The Bertz CT molecular complexity index is 1010. The van der Waals surface area contributed by atoms with Gasteiger partial charge in [-0.15, -0.1) is 0 Å². The summed E-state index contributed by atoms with van der Waals surface area (Å²) >= 11 is 0. The fourth-order valence-corrected chi connectivity index (χ4v) is 2.54. The molecular weight excluding hydrogens is 384 g/mol. The van der Waals surface area contributed by atoms with Crippen molar-refractivity contribution in [3.8, 4) is 0 Å². The molecule has 0 bridgehead atoms. The molecule has 4 N–H and O–H groups in total. The number of carbonyl (C=O) groups is 2. The van der Waals surface area contributed by atoms with E-state index in [0.717, 1.165) is 16.8 Å². The Labute approximate surface area is 173 Å². The maximum absolute atomic E-state index is 11.9. The summed E-state index contributed by atoms with van der Waals surface area (Å²) in [5, 5.41) is 5.55. The highest BCUT2D eigenvalue weighted by molar-refractivity contribution is 5.83. The van der Waals surface area contributed by atoms with Gasteiger partial charge in [-0.1, -0.05) is 48.0 Å². The molecule has 0 saturated heterocycles. The number of amides is 1. The van der Waals surface area contributed by atoms with E-state index in [9.17, 15) is 9.59 Å². The maximum atomic E-state index is 11.9. The number of anilines is 3. The Morgan fingerprint density at radius 1 is 1.00 bits per heavy atom. The standard InChI is InChI=1S/C21H22N6O3/c1-14-7-9-16(10-8-14)24-21-26-17(25-20(22)27-21)13-30-19(29)12-23-18(28)11-15-5-3-2-4-6-15/h2-10H,11-13H2,1H3,(H,23,28)(H3,22,24,25,26,27). The van der Waals surface area contributed by atoms with E-state index < -0.39 is 5.97 Å². The minimum Gasteiger partial charge on any atom is -0.456 e. The Morgan fingerprint density at radius 3 is 2.47 bits per heavy atom. The molecule has 1 heterocycles. The van der Waals surface area contributed by atoms with Crippen LogP contribution in [0, 0.1) is 6.92 Å². The molecular formula is C21H22N6O3. The molecule has 3 aromatic rings. The van der Waals surface area contributed by atoms with Crippen molar-refractivity contribution in [1.29, 1.82) is 0 Å². The molecule has 9 nitrogen and oxygen atoms in total. The zero-order valence-electron chi connectivity index (χ0n) is 16.5. The third kappa shape index (κ3) is 6.55. The predicted molar refractivity (Wildman–Crippen MR) is 112 cm³/mol.